The smallest absolute Gasteiger partial charge is 0.265 e. The number of para-hydroxylation sites is 1. The molecule has 1 atom stereocenters. The molecular weight excluding hydrogens is 252 g/mol. The molecule has 0 bridgehead atoms. The zero-order chi connectivity index (χ0) is 13.8. The number of nitrogens with one attached hydrogen (secondary N) is 1. The van der Waals surface area contributed by atoms with Gasteiger partial charge in [-0.05, 0) is 24.3 Å². The van der Waals surface area contributed by atoms with Crippen molar-refractivity contribution in [1.29, 1.82) is 0 Å². The minimum Gasteiger partial charge on any atom is -0.481 e. The second-order valence-corrected chi connectivity index (χ2v) is 4.46. The predicted octanol–water partition coefficient (Wildman–Crippen LogP) is 0.749. The molecule has 1 aromatic carbocycles. The maximum atomic E-state index is 5.70. The lowest BCUT2D eigenvalue weighted by molar-refractivity contribution is -0.673. The lowest BCUT2D eigenvalue weighted by Crippen LogP contribution is -3.14. The second-order valence-electron chi connectivity index (χ2n) is 4.46. The quantitative estimate of drug-likeness (QED) is 0.888. The summed E-state index contributed by atoms with van der Waals surface area (Å²) in [6.07, 6.45) is 3.54. The van der Waals surface area contributed by atoms with Crippen LogP contribution in [-0.4, -0.2) is 30.3 Å². The molecule has 1 aliphatic rings. The summed E-state index contributed by atoms with van der Waals surface area (Å²) in [7, 11) is 2.01. The highest BCUT2D eigenvalue weighted by Gasteiger charge is 2.27. The highest BCUT2D eigenvalue weighted by atomic mass is 16.5. The molecule has 1 aromatic heterocycles. The average molecular weight is 267 g/mol. The third-order valence-corrected chi connectivity index (χ3v) is 3.11. The Kier molecular flexibility index (Phi) is 3.52. The van der Waals surface area contributed by atoms with Gasteiger partial charge in [-0.15, -0.1) is 0 Å². The Hall–Kier alpha value is -2.53. The molecule has 0 saturated carbocycles. The molecule has 0 spiro atoms. The number of hydrogen-bond donors (Lipinski definition) is 1. The Morgan fingerprint density at radius 2 is 1.90 bits per heavy atom. The van der Waals surface area contributed by atoms with Gasteiger partial charge in [0.05, 0.1) is 12.6 Å². The Morgan fingerprint density at radius 3 is 2.65 bits per heavy atom. The van der Waals surface area contributed by atoms with Gasteiger partial charge in [0.15, 0.2) is 6.61 Å². The number of aromatic nitrogens is 1. The molecular formula is C15H15N4O+. The molecule has 2 aromatic rings. The normalized spacial score (nSPS) is 17.6. The number of likely N-dealkylation sites (N-methyl/N-ethyl adjacent to an activating group) is 1. The summed E-state index contributed by atoms with van der Waals surface area (Å²) >= 11 is 0. The van der Waals surface area contributed by atoms with Crippen LogP contribution >= 0.6 is 0 Å². The van der Waals surface area contributed by atoms with E-state index in [4.69, 9.17) is 4.74 Å². The summed E-state index contributed by atoms with van der Waals surface area (Å²) in [5.74, 6) is 2.55. The molecule has 5 heteroatoms. The molecule has 2 heterocycles. The van der Waals surface area contributed by atoms with Gasteiger partial charge in [-0.2, -0.15) is 0 Å². The first-order chi connectivity index (χ1) is 9.84. The summed E-state index contributed by atoms with van der Waals surface area (Å²) in [6.45, 7) is 0.420. The van der Waals surface area contributed by atoms with Crippen LogP contribution in [0.15, 0.2) is 65.1 Å². The third-order valence-electron chi connectivity index (χ3n) is 3.11. The van der Waals surface area contributed by atoms with Crippen molar-refractivity contribution in [3.8, 4) is 5.75 Å². The Labute approximate surface area is 117 Å². The van der Waals surface area contributed by atoms with E-state index in [1.54, 1.807) is 12.4 Å². The lowest BCUT2D eigenvalue weighted by Gasteiger charge is -2.11. The molecule has 3 rings (SSSR count). The van der Waals surface area contributed by atoms with Crippen LogP contribution in [0.4, 0.5) is 0 Å². The van der Waals surface area contributed by atoms with Gasteiger partial charge >= 0.3 is 0 Å². The lowest BCUT2D eigenvalue weighted by atomic mass is 10.2. The van der Waals surface area contributed by atoms with Gasteiger partial charge in [0.1, 0.15) is 5.75 Å². The van der Waals surface area contributed by atoms with Gasteiger partial charge in [0, 0.05) is 12.4 Å². The van der Waals surface area contributed by atoms with Gasteiger partial charge in [-0.1, -0.05) is 28.4 Å². The van der Waals surface area contributed by atoms with E-state index in [9.17, 15) is 0 Å². The van der Waals surface area contributed by atoms with E-state index in [-0.39, 0.29) is 0 Å². The number of amidine groups is 2. The molecule has 100 valence electrons. The third kappa shape index (κ3) is 2.57. The molecule has 20 heavy (non-hydrogen) atoms. The summed E-state index contributed by atoms with van der Waals surface area (Å²) < 4.78 is 5.70. The number of rotatable bonds is 4. The summed E-state index contributed by atoms with van der Waals surface area (Å²) in [4.78, 5) is 5.14. The van der Waals surface area contributed by atoms with Crippen molar-refractivity contribution in [1.82, 2.24) is 4.98 Å². The molecule has 1 N–H and O–H groups in total. The fraction of sp³-hybridized carbons (Fsp3) is 0.133. The van der Waals surface area contributed by atoms with Crippen LogP contribution in [-0.2, 0) is 0 Å². The van der Waals surface area contributed by atoms with Crippen LogP contribution in [0.3, 0.4) is 0 Å². The summed E-state index contributed by atoms with van der Waals surface area (Å²) in [5.41, 5.74) is 0.975. The van der Waals surface area contributed by atoms with Gasteiger partial charge in [0.25, 0.3) is 11.7 Å². The SMILES string of the molecule is C[NH+]1C(COc2ccccc2)=NN=C1c1cccnc1. The van der Waals surface area contributed by atoms with Crippen molar-refractivity contribution in [3.63, 3.8) is 0 Å². The van der Waals surface area contributed by atoms with Crippen molar-refractivity contribution in [2.24, 2.45) is 10.2 Å². The van der Waals surface area contributed by atoms with Crippen LogP contribution in [0.25, 0.3) is 0 Å². The Morgan fingerprint density at radius 1 is 1.05 bits per heavy atom. The fourth-order valence-corrected chi connectivity index (χ4v) is 1.98. The first-order valence-corrected chi connectivity index (χ1v) is 6.41. The zero-order valence-electron chi connectivity index (χ0n) is 11.2. The van der Waals surface area contributed by atoms with Crippen LogP contribution < -0.4 is 9.64 Å². The van der Waals surface area contributed by atoms with Crippen LogP contribution in [0.5, 0.6) is 5.75 Å². The molecule has 0 amide bonds. The van der Waals surface area contributed by atoms with E-state index in [1.807, 2.05) is 49.5 Å². The maximum Gasteiger partial charge on any atom is 0.265 e. The van der Waals surface area contributed by atoms with Gasteiger partial charge in [-0.3, -0.25) is 4.98 Å². The van der Waals surface area contributed by atoms with E-state index in [1.165, 1.54) is 0 Å². The number of quaternary nitrogens is 1. The second kappa shape index (κ2) is 5.63. The van der Waals surface area contributed by atoms with Crippen molar-refractivity contribution in [2.45, 2.75) is 0 Å². The van der Waals surface area contributed by atoms with E-state index >= 15 is 0 Å². The minimum absolute atomic E-state index is 0.420. The topological polar surface area (TPSA) is 51.3 Å². The largest absolute Gasteiger partial charge is 0.481 e. The predicted molar refractivity (Wildman–Crippen MR) is 77.0 cm³/mol. The van der Waals surface area contributed by atoms with Crippen LogP contribution in [0.1, 0.15) is 5.56 Å². The van der Waals surface area contributed by atoms with Crippen molar-refractivity contribution >= 4 is 11.7 Å². The molecule has 0 aliphatic carbocycles. The molecule has 5 nitrogen and oxygen atoms in total. The molecule has 0 saturated heterocycles. The number of pyridine rings is 1. The van der Waals surface area contributed by atoms with Crippen LogP contribution in [0.2, 0.25) is 0 Å². The minimum atomic E-state index is 0.420. The van der Waals surface area contributed by atoms with Gasteiger partial charge in [0.2, 0.25) is 0 Å². The highest BCUT2D eigenvalue weighted by molar-refractivity contribution is 6.00. The highest BCUT2D eigenvalue weighted by Crippen LogP contribution is 2.08. The summed E-state index contributed by atoms with van der Waals surface area (Å²) in [5, 5.41) is 8.43. The van der Waals surface area contributed by atoms with Crippen LogP contribution in [0, 0.1) is 0 Å². The molecule has 0 fully saturated rings. The van der Waals surface area contributed by atoms with Gasteiger partial charge in [-0.25, -0.2) is 4.90 Å². The first kappa shape index (κ1) is 12.5. The monoisotopic (exact) mass is 267 g/mol. The summed E-state index contributed by atoms with van der Waals surface area (Å²) in [6, 6.07) is 13.6. The first-order valence-electron chi connectivity index (χ1n) is 6.41. The number of nitrogens with zero attached hydrogens (tertiary/aromatic N) is 3. The average Bonchev–Trinajstić information content (AvgIpc) is 2.88. The fourth-order valence-electron chi connectivity index (χ4n) is 1.98. The van der Waals surface area contributed by atoms with Gasteiger partial charge < -0.3 is 4.74 Å². The Bertz CT molecular complexity index is 637. The number of ether oxygens (including phenoxy) is 1. The zero-order valence-corrected chi connectivity index (χ0v) is 11.2. The van der Waals surface area contributed by atoms with E-state index < -0.39 is 0 Å². The van der Waals surface area contributed by atoms with E-state index in [2.05, 4.69) is 15.2 Å². The van der Waals surface area contributed by atoms with Crippen molar-refractivity contribution < 1.29 is 9.64 Å². The Balaban J connectivity index is 1.64. The molecule has 1 unspecified atom stereocenters. The molecule has 1 aliphatic heterocycles. The van der Waals surface area contributed by atoms with Crippen molar-refractivity contribution in [2.75, 3.05) is 13.7 Å². The number of benzene rings is 1. The van der Waals surface area contributed by atoms with E-state index in [0.717, 1.165) is 27.9 Å². The standard InChI is InChI=1S/C15H14N4O/c1-19-14(11-20-13-7-3-2-4-8-13)17-18-15(19)12-6-5-9-16-10-12/h2-10H,11H2,1H3/p+1. The van der Waals surface area contributed by atoms with Crippen molar-refractivity contribution in [3.05, 3.63) is 60.4 Å². The van der Waals surface area contributed by atoms with E-state index in [0.29, 0.717) is 6.61 Å². The molecule has 0 radical (unpaired) electrons. The maximum absolute atomic E-state index is 5.70. The number of hydrogen-bond acceptors (Lipinski definition) is 4.